The van der Waals surface area contributed by atoms with E-state index in [1.807, 2.05) is 20.2 Å². The van der Waals surface area contributed by atoms with Gasteiger partial charge in [0.15, 0.2) is 0 Å². The Bertz CT molecular complexity index is 594. The minimum absolute atomic E-state index is 0.264. The maximum absolute atomic E-state index is 12.5. The van der Waals surface area contributed by atoms with Gasteiger partial charge in [-0.1, -0.05) is 0 Å². The fourth-order valence-corrected chi connectivity index (χ4v) is 3.92. The highest BCUT2D eigenvalue weighted by Gasteiger charge is 2.29. The number of sulfonamides is 1. The fourth-order valence-electron chi connectivity index (χ4n) is 2.45. The van der Waals surface area contributed by atoms with Crippen molar-refractivity contribution >= 4 is 10.0 Å². The molecule has 1 aliphatic rings. The average Bonchev–Trinajstić information content (AvgIpc) is 2.47. The number of benzene rings is 1. The van der Waals surface area contributed by atoms with Crippen LogP contribution in [0.25, 0.3) is 0 Å². The van der Waals surface area contributed by atoms with E-state index in [9.17, 15) is 8.42 Å². The molecule has 1 fully saturated rings. The highest BCUT2D eigenvalue weighted by Crippen LogP contribution is 2.22. The summed E-state index contributed by atoms with van der Waals surface area (Å²) in [6.07, 6.45) is 1.70. The number of hydrogen-bond acceptors (Lipinski definition) is 4. The van der Waals surface area contributed by atoms with E-state index in [0.29, 0.717) is 24.7 Å². The molecule has 6 heteroatoms. The molecule has 2 rings (SSSR count). The molecular formula is C14H19N3O2S. The fraction of sp³-hybridized carbons (Fsp3) is 0.500. The zero-order valence-corrected chi connectivity index (χ0v) is 12.6. The Hall–Kier alpha value is -1.42. The van der Waals surface area contributed by atoms with Gasteiger partial charge in [0.1, 0.15) is 0 Å². The SMILES string of the molecule is CN(C)C1CCN(S(=O)(=O)c2ccc(C#N)cc2)CC1. The van der Waals surface area contributed by atoms with E-state index in [1.165, 1.54) is 16.4 Å². The molecule has 0 atom stereocenters. The second kappa shape index (κ2) is 5.92. The van der Waals surface area contributed by atoms with Gasteiger partial charge in [-0.05, 0) is 51.2 Å². The van der Waals surface area contributed by atoms with Gasteiger partial charge in [0.2, 0.25) is 10.0 Å². The first-order valence-corrected chi connectivity index (χ1v) is 8.06. The zero-order chi connectivity index (χ0) is 14.8. The molecule has 5 nitrogen and oxygen atoms in total. The van der Waals surface area contributed by atoms with Crippen molar-refractivity contribution < 1.29 is 8.42 Å². The van der Waals surface area contributed by atoms with Crippen molar-refractivity contribution in [2.75, 3.05) is 27.2 Å². The molecule has 1 saturated heterocycles. The normalized spacial score (nSPS) is 18.1. The van der Waals surface area contributed by atoms with Gasteiger partial charge in [-0.25, -0.2) is 8.42 Å². The molecule has 1 aromatic rings. The van der Waals surface area contributed by atoms with Crippen LogP contribution >= 0.6 is 0 Å². The molecule has 0 N–H and O–H groups in total. The van der Waals surface area contributed by atoms with E-state index in [4.69, 9.17) is 5.26 Å². The predicted molar refractivity (Wildman–Crippen MR) is 76.6 cm³/mol. The summed E-state index contributed by atoms with van der Waals surface area (Å²) in [5, 5.41) is 8.75. The van der Waals surface area contributed by atoms with Gasteiger partial charge in [-0.15, -0.1) is 0 Å². The van der Waals surface area contributed by atoms with Crippen LogP contribution in [0.15, 0.2) is 29.2 Å². The zero-order valence-electron chi connectivity index (χ0n) is 11.8. The quantitative estimate of drug-likeness (QED) is 0.842. The maximum atomic E-state index is 12.5. The molecule has 0 spiro atoms. The lowest BCUT2D eigenvalue weighted by atomic mass is 10.1. The molecule has 0 bridgehead atoms. The Morgan fingerprint density at radius 2 is 1.75 bits per heavy atom. The van der Waals surface area contributed by atoms with E-state index in [2.05, 4.69) is 4.90 Å². The van der Waals surface area contributed by atoms with Crippen molar-refractivity contribution in [3.63, 3.8) is 0 Å². The van der Waals surface area contributed by atoms with Gasteiger partial charge in [-0.3, -0.25) is 0 Å². The Kier molecular flexibility index (Phi) is 4.43. The summed E-state index contributed by atoms with van der Waals surface area (Å²) in [6.45, 7) is 1.09. The number of hydrogen-bond donors (Lipinski definition) is 0. The summed E-state index contributed by atoms with van der Waals surface area (Å²) >= 11 is 0. The van der Waals surface area contributed by atoms with Crippen LogP contribution in [-0.4, -0.2) is 50.8 Å². The minimum atomic E-state index is -3.43. The second-order valence-electron chi connectivity index (χ2n) is 5.24. The number of nitrogens with zero attached hydrogens (tertiary/aromatic N) is 3. The molecule has 1 aliphatic heterocycles. The van der Waals surface area contributed by atoms with Crippen molar-refractivity contribution in [2.45, 2.75) is 23.8 Å². The summed E-state index contributed by atoms with van der Waals surface area (Å²) in [4.78, 5) is 2.41. The number of rotatable bonds is 3. The average molecular weight is 293 g/mol. The van der Waals surface area contributed by atoms with Crippen LogP contribution in [0.1, 0.15) is 18.4 Å². The maximum Gasteiger partial charge on any atom is 0.243 e. The van der Waals surface area contributed by atoms with E-state index < -0.39 is 10.0 Å². The van der Waals surface area contributed by atoms with E-state index >= 15 is 0 Å². The molecule has 0 aromatic heterocycles. The topological polar surface area (TPSA) is 64.4 Å². The molecule has 0 aliphatic carbocycles. The van der Waals surface area contributed by atoms with E-state index in [1.54, 1.807) is 12.1 Å². The van der Waals surface area contributed by atoms with Crippen molar-refractivity contribution in [3.8, 4) is 6.07 Å². The Morgan fingerprint density at radius 1 is 1.20 bits per heavy atom. The predicted octanol–water partition coefficient (Wildman–Crippen LogP) is 1.27. The molecule has 108 valence electrons. The highest BCUT2D eigenvalue weighted by atomic mass is 32.2. The molecular weight excluding hydrogens is 274 g/mol. The Labute approximate surface area is 120 Å². The van der Waals surface area contributed by atoms with Gasteiger partial charge in [0.25, 0.3) is 0 Å². The van der Waals surface area contributed by atoms with Crippen molar-refractivity contribution in [1.82, 2.24) is 9.21 Å². The minimum Gasteiger partial charge on any atom is -0.306 e. The number of nitriles is 1. The third kappa shape index (κ3) is 3.01. The first-order valence-electron chi connectivity index (χ1n) is 6.62. The van der Waals surface area contributed by atoms with Gasteiger partial charge in [-0.2, -0.15) is 9.57 Å². The lowest BCUT2D eigenvalue weighted by Crippen LogP contribution is -2.44. The monoisotopic (exact) mass is 293 g/mol. The summed E-state index contributed by atoms with van der Waals surface area (Å²) in [5.74, 6) is 0. The molecule has 0 unspecified atom stereocenters. The second-order valence-corrected chi connectivity index (χ2v) is 7.17. The van der Waals surface area contributed by atoms with E-state index in [-0.39, 0.29) is 4.90 Å². The molecule has 1 aromatic carbocycles. The van der Waals surface area contributed by atoms with Gasteiger partial charge < -0.3 is 4.90 Å². The largest absolute Gasteiger partial charge is 0.306 e. The van der Waals surface area contributed by atoms with Crippen LogP contribution in [0.4, 0.5) is 0 Å². The van der Waals surface area contributed by atoms with Gasteiger partial charge in [0.05, 0.1) is 16.5 Å². The molecule has 0 radical (unpaired) electrons. The summed E-state index contributed by atoms with van der Waals surface area (Å²) < 4.78 is 26.5. The van der Waals surface area contributed by atoms with Crippen LogP contribution in [0.5, 0.6) is 0 Å². The van der Waals surface area contributed by atoms with Gasteiger partial charge in [0, 0.05) is 19.1 Å². The summed E-state index contributed by atoms with van der Waals surface area (Å²) in [7, 11) is 0.616. The summed E-state index contributed by atoms with van der Waals surface area (Å²) in [6, 6.07) is 8.53. The first kappa shape index (κ1) is 15.0. The molecule has 0 amide bonds. The smallest absolute Gasteiger partial charge is 0.243 e. The van der Waals surface area contributed by atoms with Crippen LogP contribution in [0.3, 0.4) is 0 Å². The third-order valence-corrected chi connectivity index (χ3v) is 5.69. The van der Waals surface area contributed by atoms with Crippen molar-refractivity contribution in [2.24, 2.45) is 0 Å². The standard InChI is InChI=1S/C14H19N3O2S/c1-16(2)13-7-9-17(10-8-13)20(18,19)14-5-3-12(11-15)4-6-14/h3-6,13H,7-10H2,1-2H3. The lowest BCUT2D eigenvalue weighted by Gasteiger charge is -2.34. The van der Waals surface area contributed by atoms with Crippen LogP contribution in [-0.2, 0) is 10.0 Å². The Morgan fingerprint density at radius 3 is 2.20 bits per heavy atom. The van der Waals surface area contributed by atoms with Crippen LogP contribution in [0, 0.1) is 11.3 Å². The van der Waals surface area contributed by atoms with Crippen LogP contribution < -0.4 is 0 Å². The lowest BCUT2D eigenvalue weighted by molar-refractivity contribution is 0.196. The van der Waals surface area contributed by atoms with Crippen molar-refractivity contribution in [1.29, 1.82) is 5.26 Å². The van der Waals surface area contributed by atoms with Gasteiger partial charge >= 0.3 is 0 Å². The molecule has 0 saturated carbocycles. The summed E-state index contributed by atoms with van der Waals surface area (Å²) in [5.41, 5.74) is 0.468. The molecule has 1 heterocycles. The molecule has 20 heavy (non-hydrogen) atoms. The van der Waals surface area contributed by atoms with E-state index in [0.717, 1.165) is 12.8 Å². The Balaban J connectivity index is 2.13. The third-order valence-electron chi connectivity index (χ3n) is 3.77. The number of piperidine rings is 1. The van der Waals surface area contributed by atoms with Crippen LogP contribution in [0.2, 0.25) is 0 Å². The first-order chi connectivity index (χ1) is 9.45. The van der Waals surface area contributed by atoms with Crippen molar-refractivity contribution in [3.05, 3.63) is 29.8 Å². The highest BCUT2D eigenvalue weighted by molar-refractivity contribution is 7.89.